The van der Waals surface area contributed by atoms with E-state index >= 15 is 0 Å². The Morgan fingerprint density at radius 3 is 2.75 bits per heavy atom. The highest BCUT2D eigenvalue weighted by atomic mass is 79.9. The molecule has 2 saturated heterocycles. The van der Waals surface area contributed by atoms with E-state index in [1.165, 1.54) is 6.07 Å². The minimum atomic E-state index is -1.41. The molecule has 0 aromatic heterocycles. The Balaban J connectivity index is 1.49. The number of amides is 1. The Labute approximate surface area is 215 Å². The lowest BCUT2D eigenvalue weighted by atomic mass is 9.77. The van der Waals surface area contributed by atoms with E-state index < -0.39 is 17.5 Å². The molecule has 9 heteroatoms. The topological polar surface area (TPSA) is 84.7 Å². The minimum Gasteiger partial charge on any atom is -0.488 e. The molecule has 3 aliphatic rings. The number of hydrogen-bond donors (Lipinski definition) is 1. The standard InChI is InChI=1S/C27H23BrFN3O4/c28-17-11-12-23(36-15-16-6-1-3-8-20(16)29)18(14-17)24-22-10-5-13-31(22)27(25(24)32(34)35)19-7-2-4-9-21(19)30-26(27)33/h1-4,6-9,11-12,14,22,24-25H,5,10,13,15H2,(H,30,33)/t22-,24-,25-,27+/m1/s1. The van der Waals surface area contributed by atoms with E-state index in [0.717, 1.165) is 17.3 Å². The molecule has 0 aliphatic carbocycles. The van der Waals surface area contributed by atoms with Crippen LogP contribution in [0.25, 0.3) is 0 Å². The first-order valence-electron chi connectivity index (χ1n) is 11.9. The second-order valence-electron chi connectivity index (χ2n) is 9.49. The third-order valence-corrected chi connectivity index (χ3v) is 8.26. The fourth-order valence-electron chi connectivity index (χ4n) is 6.43. The fraction of sp³-hybridized carbons (Fsp3) is 0.296. The average molecular weight is 552 g/mol. The van der Waals surface area contributed by atoms with Crippen molar-refractivity contribution in [2.75, 3.05) is 11.9 Å². The van der Waals surface area contributed by atoms with Crippen LogP contribution in [0.5, 0.6) is 5.75 Å². The molecule has 6 rings (SSSR count). The number of para-hydroxylation sites is 1. The van der Waals surface area contributed by atoms with Crippen molar-refractivity contribution in [3.05, 3.63) is 104 Å². The van der Waals surface area contributed by atoms with Crippen LogP contribution in [0.1, 0.15) is 35.4 Å². The number of benzene rings is 3. The molecule has 1 N–H and O–H groups in total. The van der Waals surface area contributed by atoms with Crippen LogP contribution in [0, 0.1) is 15.9 Å². The molecule has 3 aromatic carbocycles. The lowest BCUT2D eigenvalue weighted by molar-refractivity contribution is -0.534. The summed E-state index contributed by atoms with van der Waals surface area (Å²) in [6.07, 6.45) is 1.56. The molecule has 2 fully saturated rings. The van der Waals surface area contributed by atoms with Crippen LogP contribution < -0.4 is 10.1 Å². The number of fused-ring (bicyclic) bond motifs is 4. The summed E-state index contributed by atoms with van der Waals surface area (Å²) >= 11 is 3.52. The first kappa shape index (κ1) is 23.1. The molecule has 0 radical (unpaired) electrons. The molecule has 1 spiro atoms. The maximum atomic E-state index is 14.3. The predicted octanol–water partition coefficient (Wildman–Crippen LogP) is 5.22. The van der Waals surface area contributed by atoms with Gasteiger partial charge in [-0.2, -0.15) is 0 Å². The number of nitro groups is 1. The van der Waals surface area contributed by atoms with Gasteiger partial charge in [-0.1, -0.05) is 52.3 Å². The number of hydrogen-bond acceptors (Lipinski definition) is 5. The van der Waals surface area contributed by atoms with Gasteiger partial charge in [-0.25, -0.2) is 4.39 Å². The molecule has 7 nitrogen and oxygen atoms in total. The van der Waals surface area contributed by atoms with E-state index in [1.54, 1.807) is 36.4 Å². The van der Waals surface area contributed by atoms with E-state index in [0.29, 0.717) is 34.7 Å². The number of ether oxygens (including phenoxy) is 1. The molecule has 3 heterocycles. The van der Waals surface area contributed by atoms with Crippen molar-refractivity contribution in [1.82, 2.24) is 4.90 Å². The van der Waals surface area contributed by atoms with Crippen molar-refractivity contribution in [3.8, 4) is 5.75 Å². The Bertz CT molecular complexity index is 1380. The van der Waals surface area contributed by atoms with Gasteiger partial charge in [0.25, 0.3) is 11.9 Å². The van der Waals surface area contributed by atoms with E-state index in [4.69, 9.17) is 4.74 Å². The van der Waals surface area contributed by atoms with Crippen LogP contribution in [0.3, 0.4) is 0 Å². The number of halogens is 2. The lowest BCUT2D eigenvalue weighted by Crippen LogP contribution is -2.55. The fourth-order valence-corrected chi connectivity index (χ4v) is 6.81. The Hall–Kier alpha value is -3.30. The van der Waals surface area contributed by atoms with Gasteiger partial charge in [0.1, 0.15) is 18.2 Å². The number of nitrogens with zero attached hydrogens (tertiary/aromatic N) is 2. The first-order chi connectivity index (χ1) is 17.4. The maximum Gasteiger partial charge on any atom is 0.256 e. The summed E-state index contributed by atoms with van der Waals surface area (Å²) in [7, 11) is 0. The van der Waals surface area contributed by atoms with E-state index in [-0.39, 0.29) is 29.3 Å². The summed E-state index contributed by atoms with van der Waals surface area (Å²) in [5, 5.41) is 15.8. The second kappa shape index (κ2) is 8.67. The number of carbonyl (C=O) groups excluding carboxylic acids is 1. The second-order valence-corrected chi connectivity index (χ2v) is 10.4. The molecule has 4 atom stereocenters. The highest BCUT2D eigenvalue weighted by molar-refractivity contribution is 9.10. The quantitative estimate of drug-likeness (QED) is 0.347. The molecule has 3 aromatic rings. The molecule has 36 heavy (non-hydrogen) atoms. The molecular weight excluding hydrogens is 529 g/mol. The summed E-state index contributed by atoms with van der Waals surface area (Å²) in [5.74, 6) is -0.884. The summed E-state index contributed by atoms with van der Waals surface area (Å²) in [6, 6.07) is 17.6. The van der Waals surface area contributed by atoms with Crippen LogP contribution in [0.4, 0.5) is 10.1 Å². The van der Waals surface area contributed by atoms with Crippen LogP contribution in [-0.4, -0.2) is 34.4 Å². The first-order valence-corrected chi connectivity index (χ1v) is 12.7. The van der Waals surface area contributed by atoms with Gasteiger partial charge < -0.3 is 10.1 Å². The van der Waals surface area contributed by atoms with Gasteiger partial charge in [-0.15, -0.1) is 0 Å². The Morgan fingerprint density at radius 1 is 1.17 bits per heavy atom. The van der Waals surface area contributed by atoms with Crippen molar-refractivity contribution in [1.29, 1.82) is 0 Å². The van der Waals surface area contributed by atoms with Crippen LogP contribution in [-0.2, 0) is 16.9 Å². The zero-order valence-corrected chi connectivity index (χ0v) is 20.8. The SMILES string of the molecule is O=C1Nc2ccccc2[C@]12[C@H]([N+](=O)[O-])[C@H](c1cc(Br)ccc1OCc1ccccc1F)[C@H]1CCCN12. The highest BCUT2D eigenvalue weighted by Crippen LogP contribution is 2.59. The third-order valence-electron chi connectivity index (χ3n) is 7.77. The van der Waals surface area contributed by atoms with Gasteiger partial charge in [0, 0.05) is 44.4 Å². The summed E-state index contributed by atoms with van der Waals surface area (Å²) in [5.41, 5.74) is 0.901. The summed E-state index contributed by atoms with van der Waals surface area (Å²) in [6.45, 7) is 0.576. The molecular formula is C27H23BrFN3O4. The summed E-state index contributed by atoms with van der Waals surface area (Å²) in [4.78, 5) is 28.2. The zero-order chi connectivity index (χ0) is 25.0. The Kier molecular flexibility index (Phi) is 5.57. The lowest BCUT2D eigenvalue weighted by Gasteiger charge is -2.32. The Morgan fingerprint density at radius 2 is 1.94 bits per heavy atom. The largest absolute Gasteiger partial charge is 0.488 e. The van der Waals surface area contributed by atoms with Crippen molar-refractivity contribution < 1.29 is 18.8 Å². The summed E-state index contributed by atoms with van der Waals surface area (Å²) < 4.78 is 21.1. The van der Waals surface area contributed by atoms with E-state index in [1.807, 2.05) is 29.2 Å². The predicted molar refractivity (Wildman–Crippen MR) is 135 cm³/mol. The highest BCUT2D eigenvalue weighted by Gasteiger charge is 2.73. The van der Waals surface area contributed by atoms with Crippen molar-refractivity contribution in [3.63, 3.8) is 0 Å². The van der Waals surface area contributed by atoms with Crippen molar-refractivity contribution in [2.45, 2.75) is 43.0 Å². The van der Waals surface area contributed by atoms with Crippen LogP contribution >= 0.6 is 15.9 Å². The molecule has 1 amide bonds. The van der Waals surface area contributed by atoms with E-state index in [9.17, 15) is 19.3 Å². The molecule has 3 aliphatic heterocycles. The molecule has 0 unspecified atom stereocenters. The van der Waals surface area contributed by atoms with Gasteiger partial charge in [0.2, 0.25) is 0 Å². The van der Waals surface area contributed by atoms with Crippen molar-refractivity contribution >= 4 is 27.5 Å². The van der Waals surface area contributed by atoms with Crippen LogP contribution in [0.15, 0.2) is 71.2 Å². The van der Waals surface area contributed by atoms with Gasteiger partial charge in [0.05, 0.1) is 5.92 Å². The molecule has 184 valence electrons. The van der Waals surface area contributed by atoms with E-state index in [2.05, 4.69) is 21.2 Å². The minimum absolute atomic E-state index is 0.0139. The normalized spacial score (nSPS) is 26.6. The van der Waals surface area contributed by atoms with Crippen molar-refractivity contribution in [2.24, 2.45) is 0 Å². The molecule has 0 saturated carbocycles. The van der Waals surface area contributed by atoms with Gasteiger partial charge in [-0.05, 0) is 43.2 Å². The smallest absolute Gasteiger partial charge is 0.256 e. The average Bonchev–Trinajstić information content (AvgIpc) is 3.52. The monoisotopic (exact) mass is 551 g/mol. The number of anilines is 1. The van der Waals surface area contributed by atoms with Crippen LogP contribution in [0.2, 0.25) is 0 Å². The number of carbonyl (C=O) groups is 1. The molecule has 0 bridgehead atoms. The zero-order valence-electron chi connectivity index (χ0n) is 19.2. The number of nitrogens with one attached hydrogen (secondary N) is 1. The third kappa shape index (κ3) is 3.29. The van der Waals surface area contributed by atoms with Gasteiger partial charge in [0.15, 0.2) is 5.54 Å². The van der Waals surface area contributed by atoms with Gasteiger partial charge >= 0.3 is 0 Å². The number of rotatable bonds is 5. The maximum absolute atomic E-state index is 14.3. The van der Waals surface area contributed by atoms with Gasteiger partial charge in [-0.3, -0.25) is 19.8 Å².